The van der Waals surface area contributed by atoms with Crippen molar-refractivity contribution in [2.24, 2.45) is 0 Å². The number of carbonyl (C=O) groups is 1. The molecule has 1 fully saturated rings. The molecule has 0 saturated heterocycles. The molecule has 0 spiro atoms. The van der Waals surface area contributed by atoms with Crippen LogP contribution in [0.1, 0.15) is 46.0 Å². The summed E-state index contributed by atoms with van der Waals surface area (Å²) >= 11 is 0. The topological polar surface area (TPSA) is 50.4 Å². The number of hydrogen-bond donors (Lipinski definition) is 2. The lowest BCUT2D eigenvalue weighted by Gasteiger charge is -2.13. The van der Waals surface area contributed by atoms with Gasteiger partial charge < -0.3 is 15.4 Å². The van der Waals surface area contributed by atoms with Crippen molar-refractivity contribution >= 4 is 11.6 Å². The average molecular weight is 290 g/mol. The maximum absolute atomic E-state index is 11.8. The predicted molar refractivity (Wildman–Crippen MR) is 85.7 cm³/mol. The molecule has 0 aromatic heterocycles. The van der Waals surface area contributed by atoms with Crippen molar-refractivity contribution in [3.8, 4) is 5.75 Å². The van der Waals surface area contributed by atoms with Crippen LogP contribution in [0.15, 0.2) is 24.3 Å². The minimum Gasteiger partial charge on any atom is -0.490 e. The largest absolute Gasteiger partial charge is 0.490 e. The molecular formula is C17H26N2O2. The van der Waals surface area contributed by atoms with Crippen molar-refractivity contribution in [2.75, 3.05) is 11.9 Å². The summed E-state index contributed by atoms with van der Waals surface area (Å²) in [7, 11) is 0. The standard InChI is InChI=1S/C17H26N2O2/c1-13(2)18-12-11-17(20)19-14-7-9-16(10-8-14)21-15-5-3-4-6-15/h7-10,13,15,18H,3-6,11-12H2,1-2H3,(H,19,20). The van der Waals surface area contributed by atoms with Gasteiger partial charge in [0, 0.05) is 24.7 Å². The summed E-state index contributed by atoms with van der Waals surface area (Å²) in [6.07, 6.45) is 5.70. The molecule has 0 aliphatic heterocycles. The third-order valence-corrected chi connectivity index (χ3v) is 3.65. The maximum Gasteiger partial charge on any atom is 0.225 e. The minimum absolute atomic E-state index is 0.0348. The first-order chi connectivity index (χ1) is 10.1. The zero-order valence-corrected chi connectivity index (χ0v) is 13.0. The van der Waals surface area contributed by atoms with Crippen LogP contribution in [0, 0.1) is 0 Å². The van der Waals surface area contributed by atoms with Crippen LogP contribution in [0.5, 0.6) is 5.75 Å². The molecule has 0 bridgehead atoms. The predicted octanol–water partition coefficient (Wildman–Crippen LogP) is 3.33. The average Bonchev–Trinajstić information content (AvgIpc) is 2.93. The molecule has 2 N–H and O–H groups in total. The van der Waals surface area contributed by atoms with Gasteiger partial charge in [0.25, 0.3) is 0 Å². The normalized spacial score (nSPS) is 15.4. The van der Waals surface area contributed by atoms with Gasteiger partial charge in [-0.1, -0.05) is 13.8 Å². The third kappa shape index (κ3) is 5.76. The molecule has 0 unspecified atom stereocenters. The van der Waals surface area contributed by atoms with Gasteiger partial charge in [-0.15, -0.1) is 0 Å². The van der Waals surface area contributed by atoms with Gasteiger partial charge in [-0.05, 0) is 49.9 Å². The number of ether oxygens (including phenoxy) is 1. The Labute approximate surface area is 127 Å². The zero-order chi connectivity index (χ0) is 15.1. The van der Waals surface area contributed by atoms with E-state index in [1.165, 1.54) is 12.8 Å². The van der Waals surface area contributed by atoms with Gasteiger partial charge in [-0.25, -0.2) is 0 Å². The quantitative estimate of drug-likeness (QED) is 0.810. The van der Waals surface area contributed by atoms with Gasteiger partial charge in [0.2, 0.25) is 5.91 Å². The van der Waals surface area contributed by atoms with Gasteiger partial charge in [-0.2, -0.15) is 0 Å². The number of amides is 1. The Kier molecular flexibility index (Phi) is 6.05. The summed E-state index contributed by atoms with van der Waals surface area (Å²) in [6, 6.07) is 8.07. The Morgan fingerprint density at radius 1 is 1.24 bits per heavy atom. The van der Waals surface area contributed by atoms with Gasteiger partial charge >= 0.3 is 0 Å². The molecular weight excluding hydrogens is 264 g/mol. The van der Waals surface area contributed by atoms with E-state index >= 15 is 0 Å². The highest BCUT2D eigenvalue weighted by molar-refractivity contribution is 5.90. The first-order valence-corrected chi connectivity index (χ1v) is 7.93. The van der Waals surface area contributed by atoms with Crippen LogP contribution < -0.4 is 15.4 Å². The lowest BCUT2D eigenvalue weighted by Crippen LogP contribution is -2.27. The number of hydrogen-bond acceptors (Lipinski definition) is 3. The Morgan fingerprint density at radius 2 is 1.90 bits per heavy atom. The number of anilines is 1. The molecule has 1 aliphatic rings. The Bertz CT molecular complexity index is 437. The summed E-state index contributed by atoms with van der Waals surface area (Å²) < 4.78 is 5.90. The summed E-state index contributed by atoms with van der Waals surface area (Å²) in [5, 5.41) is 6.13. The molecule has 1 aliphatic carbocycles. The molecule has 1 saturated carbocycles. The van der Waals surface area contributed by atoms with E-state index < -0.39 is 0 Å². The molecule has 1 aromatic carbocycles. The van der Waals surface area contributed by atoms with Crippen LogP contribution in [0.4, 0.5) is 5.69 Å². The molecule has 2 rings (SSSR count). The maximum atomic E-state index is 11.8. The number of benzene rings is 1. The summed E-state index contributed by atoms with van der Waals surface area (Å²) in [4.78, 5) is 11.8. The van der Waals surface area contributed by atoms with E-state index in [1.54, 1.807) is 0 Å². The molecule has 21 heavy (non-hydrogen) atoms. The second kappa shape index (κ2) is 8.03. The number of rotatable bonds is 7. The number of nitrogens with one attached hydrogen (secondary N) is 2. The monoisotopic (exact) mass is 290 g/mol. The van der Waals surface area contributed by atoms with Crippen LogP contribution >= 0.6 is 0 Å². The molecule has 4 nitrogen and oxygen atoms in total. The van der Waals surface area contributed by atoms with Crippen molar-refractivity contribution in [3.63, 3.8) is 0 Å². The first kappa shape index (κ1) is 15.8. The van der Waals surface area contributed by atoms with Crippen LogP contribution in [-0.2, 0) is 4.79 Å². The number of carbonyl (C=O) groups excluding carboxylic acids is 1. The minimum atomic E-state index is 0.0348. The van der Waals surface area contributed by atoms with Gasteiger partial charge in [0.05, 0.1) is 6.10 Å². The van der Waals surface area contributed by atoms with E-state index in [0.717, 1.165) is 24.3 Å². The van der Waals surface area contributed by atoms with E-state index in [1.807, 2.05) is 24.3 Å². The van der Waals surface area contributed by atoms with Crippen molar-refractivity contribution in [2.45, 2.75) is 58.1 Å². The van der Waals surface area contributed by atoms with Gasteiger partial charge in [-0.3, -0.25) is 4.79 Å². The van der Waals surface area contributed by atoms with Gasteiger partial charge in [0.15, 0.2) is 0 Å². The van der Waals surface area contributed by atoms with Crippen LogP contribution in [0.2, 0.25) is 0 Å². The molecule has 0 radical (unpaired) electrons. The molecule has 0 atom stereocenters. The summed E-state index contributed by atoms with van der Waals surface area (Å²) in [5.74, 6) is 0.925. The Hall–Kier alpha value is -1.55. The van der Waals surface area contributed by atoms with E-state index in [9.17, 15) is 4.79 Å². The van der Waals surface area contributed by atoms with E-state index in [-0.39, 0.29) is 5.91 Å². The highest BCUT2D eigenvalue weighted by atomic mass is 16.5. The Balaban J connectivity index is 1.74. The fourth-order valence-electron chi connectivity index (χ4n) is 2.51. The highest BCUT2D eigenvalue weighted by Crippen LogP contribution is 2.24. The second-order valence-electron chi connectivity index (χ2n) is 5.96. The smallest absolute Gasteiger partial charge is 0.225 e. The van der Waals surface area contributed by atoms with Crippen molar-refractivity contribution in [1.29, 1.82) is 0 Å². The summed E-state index contributed by atoms with van der Waals surface area (Å²) in [6.45, 7) is 4.84. The second-order valence-corrected chi connectivity index (χ2v) is 5.96. The fourth-order valence-corrected chi connectivity index (χ4v) is 2.51. The van der Waals surface area contributed by atoms with Crippen molar-refractivity contribution in [3.05, 3.63) is 24.3 Å². The van der Waals surface area contributed by atoms with Crippen molar-refractivity contribution < 1.29 is 9.53 Å². The SMILES string of the molecule is CC(C)NCCC(=O)Nc1ccc(OC2CCCC2)cc1. The third-order valence-electron chi connectivity index (χ3n) is 3.65. The van der Waals surface area contributed by atoms with Crippen LogP contribution in [0.3, 0.4) is 0 Å². The lowest BCUT2D eigenvalue weighted by molar-refractivity contribution is -0.116. The van der Waals surface area contributed by atoms with Crippen LogP contribution in [0.25, 0.3) is 0 Å². The summed E-state index contributed by atoms with van der Waals surface area (Å²) in [5.41, 5.74) is 0.823. The van der Waals surface area contributed by atoms with E-state index in [4.69, 9.17) is 4.74 Å². The molecule has 116 valence electrons. The molecule has 4 heteroatoms. The zero-order valence-electron chi connectivity index (χ0n) is 13.0. The van der Waals surface area contributed by atoms with Crippen LogP contribution in [-0.4, -0.2) is 24.6 Å². The molecule has 1 amide bonds. The Morgan fingerprint density at radius 3 is 2.52 bits per heavy atom. The fraction of sp³-hybridized carbons (Fsp3) is 0.588. The van der Waals surface area contributed by atoms with E-state index in [0.29, 0.717) is 25.1 Å². The lowest BCUT2D eigenvalue weighted by atomic mass is 10.2. The van der Waals surface area contributed by atoms with Crippen molar-refractivity contribution in [1.82, 2.24) is 5.32 Å². The molecule has 0 heterocycles. The van der Waals surface area contributed by atoms with Gasteiger partial charge in [0.1, 0.15) is 5.75 Å². The first-order valence-electron chi connectivity index (χ1n) is 7.93. The molecule has 1 aromatic rings. The highest BCUT2D eigenvalue weighted by Gasteiger charge is 2.16. The van der Waals surface area contributed by atoms with E-state index in [2.05, 4.69) is 24.5 Å².